The third-order valence-electron chi connectivity index (χ3n) is 1.61. The Morgan fingerprint density at radius 3 is 2.38 bits per heavy atom. The molecule has 2 atom stereocenters. The summed E-state index contributed by atoms with van der Waals surface area (Å²) in [6.45, 7) is 0. The first-order valence-corrected chi connectivity index (χ1v) is 5.04. The fourth-order valence-electron chi connectivity index (χ4n) is 0.931. The molecule has 2 unspecified atom stereocenters. The molecular weight excluding hydrogens is 255 g/mol. The third kappa shape index (κ3) is 2.71. The molecule has 0 radical (unpaired) electrons. The van der Waals surface area contributed by atoms with Crippen LogP contribution in [0, 0.1) is 0 Å². The predicted octanol–water partition coefficient (Wildman–Crippen LogP) is 2.81. The van der Waals surface area contributed by atoms with Crippen molar-refractivity contribution in [2.24, 2.45) is 0 Å². The second kappa shape index (κ2) is 4.63. The highest BCUT2D eigenvalue weighted by Gasteiger charge is 2.24. The molecule has 0 aliphatic heterocycles. The second-order valence-corrected chi connectivity index (χ2v) is 4.01. The van der Waals surface area contributed by atoms with Crippen molar-refractivity contribution in [2.75, 3.05) is 0 Å². The number of carboxylic acids is 1. The van der Waals surface area contributed by atoms with E-state index in [0.29, 0.717) is 0 Å². The van der Waals surface area contributed by atoms with E-state index in [1.807, 2.05) is 18.2 Å². The van der Waals surface area contributed by atoms with E-state index in [9.17, 15) is 4.79 Å². The van der Waals surface area contributed by atoms with Gasteiger partial charge in [0.1, 0.15) is 4.83 Å². The molecule has 0 heterocycles. The van der Waals surface area contributed by atoms with Crippen LogP contribution in [0.15, 0.2) is 30.3 Å². The van der Waals surface area contributed by atoms with Crippen molar-refractivity contribution in [3.05, 3.63) is 35.9 Å². The molecule has 0 aromatic heterocycles. The van der Waals surface area contributed by atoms with E-state index >= 15 is 0 Å². The van der Waals surface area contributed by atoms with Crippen LogP contribution in [0.4, 0.5) is 0 Å². The highest BCUT2D eigenvalue weighted by atomic mass is 79.9. The van der Waals surface area contributed by atoms with E-state index in [1.165, 1.54) is 0 Å². The number of benzene rings is 1. The van der Waals surface area contributed by atoms with Gasteiger partial charge in [0.25, 0.3) is 0 Å². The van der Waals surface area contributed by atoms with E-state index in [-0.39, 0.29) is 0 Å². The molecule has 4 heteroatoms. The zero-order valence-corrected chi connectivity index (χ0v) is 8.99. The number of rotatable bonds is 3. The van der Waals surface area contributed by atoms with Crippen molar-refractivity contribution >= 4 is 33.5 Å². The normalized spacial score (nSPS) is 14.9. The van der Waals surface area contributed by atoms with Crippen LogP contribution in [-0.4, -0.2) is 15.9 Å². The Labute approximate surface area is 89.7 Å². The van der Waals surface area contributed by atoms with E-state index in [1.54, 1.807) is 12.1 Å². The van der Waals surface area contributed by atoms with E-state index < -0.39 is 16.2 Å². The van der Waals surface area contributed by atoms with Crippen LogP contribution >= 0.6 is 27.5 Å². The SMILES string of the molecule is O=C(O)C(Br)C(Cl)c1ccccc1. The summed E-state index contributed by atoms with van der Waals surface area (Å²) in [5, 5.41) is 8.14. The van der Waals surface area contributed by atoms with E-state index in [0.717, 1.165) is 5.56 Å². The van der Waals surface area contributed by atoms with Crippen LogP contribution in [0.5, 0.6) is 0 Å². The van der Waals surface area contributed by atoms with Crippen LogP contribution in [-0.2, 0) is 4.79 Å². The molecule has 0 saturated carbocycles. The maximum Gasteiger partial charge on any atom is 0.319 e. The van der Waals surface area contributed by atoms with E-state index in [2.05, 4.69) is 15.9 Å². The zero-order valence-electron chi connectivity index (χ0n) is 6.65. The Morgan fingerprint density at radius 1 is 1.38 bits per heavy atom. The average Bonchev–Trinajstić information content (AvgIpc) is 2.17. The minimum Gasteiger partial charge on any atom is -0.480 e. The van der Waals surface area contributed by atoms with Gasteiger partial charge < -0.3 is 5.11 Å². The summed E-state index contributed by atoms with van der Waals surface area (Å²) in [5.41, 5.74) is 0.799. The Kier molecular flexibility index (Phi) is 3.75. The first-order chi connectivity index (χ1) is 6.13. The monoisotopic (exact) mass is 262 g/mol. The first kappa shape index (κ1) is 10.5. The lowest BCUT2D eigenvalue weighted by Gasteiger charge is -2.12. The number of aliphatic carboxylic acids is 1. The van der Waals surface area contributed by atoms with Gasteiger partial charge in [-0.1, -0.05) is 46.3 Å². The minimum absolute atomic E-state index is 0.543. The Balaban J connectivity index is 2.79. The minimum atomic E-state index is -0.955. The molecule has 1 N–H and O–H groups in total. The molecule has 0 aliphatic carbocycles. The summed E-state index contributed by atoms with van der Waals surface area (Å²) >= 11 is 8.94. The largest absolute Gasteiger partial charge is 0.480 e. The molecule has 1 aromatic carbocycles. The average molecular weight is 264 g/mol. The van der Waals surface area contributed by atoms with Gasteiger partial charge in [-0.3, -0.25) is 4.79 Å². The molecule has 13 heavy (non-hydrogen) atoms. The fourth-order valence-corrected chi connectivity index (χ4v) is 1.49. The van der Waals surface area contributed by atoms with Gasteiger partial charge in [-0.05, 0) is 5.56 Å². The van der Waals surface area contributed by atoms with Crippen molar-refractivity contribution in [1.82, 2.24) is 0 Å². The molecule has 0 fully saturated rings. The lowest BCUT2D eigenvalue weighted by Crippen LogP contribution is -2.18. The molecular formula is C9H8BrClO2. The van der Waals surface area contributed by atoms with Gasteiger partial charge in [0, 0.05) is 0 Å². The Hall–Kier alpha value is -0.540. The molecule has 1 rings (SSSR count). The van der Waals surface area contributed by atoms with Crippen molar-refractivity contribution in [2.45, 2.75) is 10.2 Å². The topological polar surface area (TPSA) is 37.3 Å². The van der Waals surface area contributed by atoms with Gasteiger partial charge in [-0.2, -0.15) is 0 Å². The summed E-state index contributed by atoms with van der Waals surface area (Å²) in [4.78, 5) is 9.83. The van der Waals surface area contributed by atoms with Crippen LogP contribution in [0.1, 0.15) is 10.9 Å². The maximum absolute atomic E-state index is 10.6. The lowest BCUT2D eigenvalue weighted by atomic mass is 10.1. The van der Waals surface area contributed by atoms with Crippen molar-refractivity contribution in [3.63, 3.8) is 0 Å². The van der Waals surface area contributed by atoms with Crippen LogP contribution in [0.2, 0.25) is 0 Å². The number of carbonyl (C=O) groups is 1. The fraction of sp³-hybridized carbons (Fsp3) is 0.222. The summed E-state index contributed by atoms with van der Waals surface area (Å²) < 4.78 is 0. The number of halogens is 2. The summed E-state index contributed by atoms with van der Waals surface area (Å²) in [5.74, 6) is -0.955. The quantitative estimate of drug-likeness (QED) is 0.852. The molecule has 2 nitrogen and oxygen atoms in total. The van der Waals surface area contributed by atoms with Gasteiger partial charge in [0.2, 0.25) is 0 Å². The zero-order chi connectivity index (χ0) is 9.84. The molecule has 0 spiro atoms. The molecule has 0 saturated heterocycles. The molecule has 1 aromatic rings. The van der Waals surface area contributed by atoms with Crippen molar-refractivity contribution in [3.8, 4) is 0 Å². The highest BCUT2D eigenvalue weighted by Crippen LogP contribution is 2.28. The predicted molar refractivity (Wildman–Crippen MR) is 55.4 cm³/mol. The smallest absolute Gasteiger partial charge is 0.319 e. The molecule has 0 aliphatic rings. The van der Waals surface area contributed by atoms with Crippen LogP contribution in [0.25, 0.3) is 0 Å². The number of hydrogen-bond acceptors (Lipinski definition) is 1. The highest BCUT2D eigenvalue weighted by molar-refractivity contribution is 9.10. The van der Waals surface area contributed by atoms with Gasteiger partial charge >= 0.3 is 5.97 Å². The summed E-state index contributed by atoms with van der Waals surface area (Å²) in [6.07, 6.45) is 0. The lowest BCUT2D eigenvalue weighted by molar-refractivity contribution is -0.136. The van der Waals surface area contributed by atoms with Crippen LogP contribution in [0.3, 0.4) is 0 Å². The number of carboxylic acid groups (broad SMARTS) is 1. The summed E-state index contributed by atoms with van der Waals surface area (Å²) in [6, 6.07) is 9.11. The van der Waals surface area contributed by atoms with Gasteiger partial charge in [-0.15, -0.1) is 11.6 Å². The Morgan fingerprint density at radius 2 is 1.92 bits per heavy atom. The van der Waals surface area contributed by atoms with Gasteiger partial charge in [0.15, 0.2) is 0 Å². The number of hydrogen-bond donors (Lipinski definition) is 1. The van der Waals surface area contributed by atoms with Crippen LogP contribution < -0.4 is 0 Å². The third-order valence-corrected chi connectivity index (χ3v) is 3.34. The molecule has 0 amide bonds. The van der Waals surface area contributed by atoms with Gasteiger partial charge in [-0.25, -0.2) is 0 Å². The maximum atomic E-state index is 10.6. The molecule has 0 bridgehead atoms. The standard InChI is InChI=1S/C9H8BrClO2/c10-7(9(12)13)8(11)6-4-2-1-3-5-6/h1-5,7-8H,(H,12,13). The number of alkyl halides is 2. The van der Waals surface area contributed by atoms with E-state index in [4.69, 9.17) is 16.7 Å². The summed E-state index contributed by atoms with van der Waals surface area (Å²) in [7, 11) is 0. The Bertz CT molecular complexity index is 289. The first-order valence-electron chi connectivity index (χ1n) is 3.69. The van der Waals surface area contributed by atoms with Gasteiger partial charge in [0.05, 0.1) is 5.38 Å². The molecule has 70 valence electrons. The second-order valence-electron chi connectivity index (χ2n) is 2.55. The van der Waals surface area contributed by atoms with Crippen molar-refractivity contribution < 1.29 is 9.90 Å². The van der Waals surface area contributed by atoms with Crippen molar-refractivity contribution in [1.29, 1.82) is 0 Å².